The summed E-state index contributed by atoms with van der Waals surface area (Å²) in [5.41, 5.74) is 2.43. The number of aromatic nitrogens is 2. The molecule has 1 aromatic carbocycles. The number of carbonyl (C=O) groups is 1. The van der Waals surface area contributed by atoms with Crippen LogP contribution in [0.4, 0.5) is 11.5 Å². The highest BCUT2D eigenvalue weighted by Gasteiger charge is 2.19. The van der Waals surface area contributed by atoms with Crippen molar-refractivity contribution in [3.8, 4) is 0 Å². The van der Waals surface area contributed by atoms with E-state index in [0.29, 0.717) is 29.8 Å². The first-order valence-electron chi connectivity index (χ1n) is 8.88. The number of amides is 1. The molecule has 0 aliphatic carbocycles. The molecule has 2 rings (SSSR count). The summed E-state index contributed by atoms with van der Waals surface area (Å²) in [5.74, 6) is 1.81. The number of nitrogens with zero attached hydrogens (tertiary/aromatic N) is 3. The number of carbonyl (C=O) groups excluding carboxylic acids is 1. The minimum Gasteiger partial charge on any atom is -0.370 e. The van der Waals surface area contributed by atoms with Crippen molar-refractivity contribution in [2.24, 2.45) is 5.92 Å². The third-order valence-electron chi connectivity index (χ3n) is 3.96. The van der Waals surface area contributed by atoms with Gasteiger partial charge in [-0.1, -0.05) is 26.0 Å². The van der Waals surface area contributed by atoms with E-state index in [1.54, 1.807) is 11.0 Å². The summed E-state index contributed by atoms with van der Waals surface area (Å²) < 4.78 is 0. The molecule has 0 saturated carbocycles. The van der Waals surface area contributed by atoms with Crippen LogP contribution < -0.4 is 10.2 Å². The molecule has 1 amide bonds. The van der Waals surface area contributed by atoms with Gasteiger partial charge in [-0.2, -0.15) is 0 Å². The maximum Gasteiger partial charge on any atom is 0.277 e. The van der Waals surface area contributed by atoms with Crippen molar-refractivity contribution < 1.29 is 4.79 Å². The predicted octanol–water partition coefficient (Wildman–Crippen LogP) is 4.22. The molecule has 0 aliphatic heterocycles. The molecule has 0 fully saturated rings. The predicted molar refractivity (Wildman–Crippen MR) is 103 cm³/mol. The number of aryl methyl sites for hydroxylation is 2. The molecule has 0 bridgehead atoms. The van der Waals surface area contributed by atoms with E-state index in [0.717, 1.165) is 24.2 Å². The number of anilines is 2. The monoisotopic (exact) mass is 340 g/mol. The summed E-state index contributed by atoms with van der Waals surface area (Å²) >= 11 is 0. The third kappa shape index (κ3) is 5.28. The van der Waals surface area contributed by atoms with E-state index in [4.69, 9.17) is 0 Å². The minimum atomic E-state index is -0.106. The van der Waals surface area contributed by atoms with E-state index in [1.165, 1.54) is 0 Å². The fourth-order valence-corrected chi connectivity index (χ4v) is 2.63. The van der Waals surface area contributed by atoms with E-state index in [2.05, 4.69) is 29.1 Å². The average Bonchev–Trinajstić information content (AvgIpc) is 2.54. The van der Waals surface area contributed by atoms with Crippen LogP contribution in [0, 0.1) is 19.8 Å². The molecule has 1 aromatic heterocycles. The first kappa shape index (κ1) is 18.9. The third-order valence-corrected chi connectivity index (χ3v) is 3.96. The van der Waals surface area contributed by atoms with Gasteiger partial charge < -0.3 is 10.2 Å². The molecular formula is C20H28N4O. The lowest BCUT2D eigenvalue weighted by Crippen LogP contribution is -2.31. The molecule has 0 radical (unpaired) electrons. The summed E-state index contributed by atoms with van der Waals surface area (Å²) in [7, 11) is 0. The van der Waals surface area contributed by atoms with E-state index in [9.17, 15) is 4.79 Å². The van der Waals surface area contributed by atoms with Gasteiger partial charge in [0.25, 0.3) is 5.91 Å². The molecule has 0 atom stereocenters. The Morgan fingerprint density at radius 3 is 2.60 bits per heavy atom. The molecule has 5 nitrogen and oxygen atoms in total. The van der Waals surface area contributed by atoms with Crippen LogP contribution in [0.15, 0.2) is 30.3 Å². The summed E-state index contributed by atoms with van der Waals surface area (Å²) in [4.78, 5) is 23.5. The normalized spacial score (nSPS) is 10.8. The highest BCUT2D eigenvalue weighted by molar-refractivity contribution is 6.05. The zero-order chi connectivity index (χ0) is 18.4. The Labute approximate surface area is 150 Å². The summed E-state index contributed by atoms with van der Waals surface area (Å²) in [6, 6.07) is 9.69. The zero-order valence-corrected chi connectivity index (χ0v) is 15.8. The molecule has 5 heteroatoms. The van der Waals surface area contributed by atoms with Crippen molar-refractivity contribution >= 4 is 17.4 Å². The van der Waals surface area contributed by atoms with Crippen LogP contribution in [0.2, 0.25) is 0 Å². The number of benzene rings is 1. The maximum atomic E-state index is 13.0. The Bertz CT molecular complexity index is 727. The van der Waals surface area contributed by atoms with Crippen LogP contribution in [0.25, 0.3) is 0 Å². The summed E-state index contributed by atoms with van der Waals surface area (Å²) in [5, 5.41) is 3.30. The van der Waals surface area contributed by atoms with E-state index in [1.807, 2.05) is 45.0 Å². The lowest BCUT2D eigenvalue weighted by molar-refractivity contribution is 0.0983. The highest BCUT2D eigenvalue weighted by atomic mass is 16.2. The topological polar surface area (TPSA) is 58.1 Å². The van der Waals surface area contributed by atoms with E-state index < -0.39 is 0 Å². The Morgan fingerprint density at radius 1 is 1.20 bits per heavy atom. The Kier molecular flexibility index (Phi) is 6.51. The zero-order valence-electron chi connectivity index (χ0n) is 15.8. The van der Waals surface area contributed by atoms with E-state index in [-0.39, 0.29) is 5.91 Å². The van der Waals surface area contributed by atoms with Crippen LogP contribution in [0.1, 0.15) is 49.1 Å². The van der Waals surface area contributed by atoms with Crippen molar-refractivity contribution in [3.05, 3.63) is 47.4 Å². The molecule has 1 heterocycles. The second kappa shape index (κ2) is 8.60. The summed E-state index contributed by atoms with van der Waals surface area (Å²) in [6.45, 7) is 11.6. The number of rotatable bonds is 7. The maximum absolute atomic E-state index is 13.0. The first-order valence-corrected chi connectivity index (χ1v) is 8.88. The van der Waals surface area contributed by atoms with Crippen LogP contribution in [0.5, 0.6) is 0 Å². The van der Waals surface area contributed by atoms with Crippen molar-refractivity contribution in [3.63, 3.8) is 0 Å². The summed E-state index contributed by atoms with van der Waals surface area (Å²) in [6.07, 6.45) is 1.05. The second-order valence-corrected chi connectivity index (χ2v) is 6.68. The van der Waals surface area contributed by atoms with Gasteiger partial charge in [0.05, 0.1) is 0 Å². The van der Waals surface area contributed by atoms with Crippen LogP contribution >= 0.6 is 0 Å². The number of nitrogens with one attached hydrogen (secondary N) is 1. The molecule has 0 unspecified atom stereocenters. The Morgan fingerprint density at radius 2 is 1.96 bits per heavy atom. The lowest BCUT2D eigenvalue weighted by Gasteiger charge is -2.21. The van der Waals surface area contributed by atoms with Gasteiger partial charge in [-0.25, -0.2) is 9.97 Å². The molecule has 134 valence electrons. The lowest BCUT2D eigenvalue weighted by atomic mass is 10.1. The fraction of sp³-hybridized carbons (Fsp3) is 0.450. The molecule has 0 aliphatic rings. The van der Waals surface area contributed by atoms with E-state index >= 15 is 0 Å². The standard InChI is InChI=1S/C20H28N4O/c1-6-24(17-9-7-8-15(4)12-17)20(25)18-13-19(23-16(5)22-18)21-11-10-14(2)3/h7-9,12-14H,6,10-11H2,1-5H3,(H,21,22,23). The number of hydrogen-bond donors (Lipinski definition) is 1. The van der Waals surface area contributed by atoms with Gasteiger partial charge in [-0.05, 0) is 50.8 Å². The van der Waals surface area contributed by atoms with Crippen molar-refractivity contribution in [2.75, 3.05) is 23.3 Å². The van der Waals surface area contributed by atoms with Gasteiger partial charge >= 0.3 is 0 Å². The molecule has 0 saturated heterocycles. The molecule has 25 heavy (non-hydrogen) atoms. The van der Waals surface area contributed by atoms with Crippen LogP contribution in [-0.4, -0.2) is 29.0 Å². The number of hydrogen-bond acceptors (Lipinski definition) is 4. The van der Waals surface area contributed by atoms with Crippen LogP contribution in [-0.2, 0) is 0 Å². The Balaban J connectivity index is 2.23. The van der Waals surface area contributed by atoms with Gasteiger partial charge in [0.1, 0.15) is 17.3 Å². The molecule has 2 aromatic rings. The quantitative estimate of drug-likeness (QED) is 0.820. The van der Waals surface area contributed by atoms with Gasteiger partial charge in [0.15, 0.2) is 0 Å². The van der Waals surface area contributed by atoms with Gasteiger partial charge in [-0.15, -0.1) is 0 Å². The SMILES string of the molecule is CCN(C(=O)c1cc(NCCC(C)C)nc(C)n1)c1cccc(C)c1. The molecule has 1 N–H and O–H groups in total. The minimum absolute atomic E-state index is 0.106. The molecular weight excluding hydrogens is 312 g/mol. The highest BCUT2D eigenvalue weighted by Crippen LogP contribution is 2.19. The first-order chi connectivity index (χ1) is 11.9. The van der Waals surface area contributed by atoms with Crippen LogP contribution in [0.3, 0.4) is 0 Å². The van der Waals surface area contributed by atoms with Crippen molar-refractivity contribution in [2.45, 2.75) is 41.0 Å². The van der Waals surface area contributed by atoms with Gasteiger partial charge in [0, 0.05) is 24.8 Å². The second-order valence-electron chi connectivity index (χ2n) is 6.68. The Hall–Kier alpha value is -2.43. The van der Waals surface area contributed by atoms with Gasteiger partial charge in [0.2, 0.25) is 0 Å². The van der Waals surface area contributed by atoms with Crippen molar-refractivity contribution in [1.29, 1.82) is 0 Å². The smallest absolute Gasteiger partial charge is 0.277 e. The fourth-order valence-electron chi connectivity index (χ4n) is 2.63. The largest absolute Gasteiger partial charge is 0.370 e. The molecule has 0 spiro atoms. The van der Waals surface area contributed by atoms with Gasteiger partial charge in [-0.3, -0.25) is 4.79 Å². The average molecular weight is 340 g/mol. The van der Waals surface area contributed by atoms with Crippen molar-refractivity contribution in [1.82, 2.24) is 9.97 Å².